The molecule has 1 aliphatic heterocycles. The van der Waals surface area contributed by atoms with Crippen LogP contribution in [0.4, 0.5) is 0 Å². The van der Waals surface area contributed by atoms with Crippen molar-refractivity contribution in [2.45, 2.75) is 25.7 Å². The predicted octanol–water partition coefficient (Wildman–Crippen LogP) is 0.817. The number of carboxylic acid groups (broad SMARTS) is 1. The van der Waals surface area contributed by atoms with Crippen molar-refractivity contribution in [2.75, 3.05) is 0 Å². The van der Waals surface area contributed by atoms with Gasteiger partial charge in [-0.1, -0.05) is 12.2 Å². The third-order valence-electron chi connectivity index (χ3n) is 1.83. The van der Waals surface area contributed by atoms with E-state index in [9.17, 15) is 19.2 Å². The minimum atomic E-state index is -0.829. The lowest BCUT2D eigenvalue weighted by atomic mass is 10.4. The van der Waals surface area contributed by atoms with Gasteiger partial charge in [0.05, 0.1) is 12.8 Å². The fraction of sp³-hybridized carbons (Fsp3) is 0.333. The molecular formula is C12H15NO6. The van der Waals surface area contributed by atoms with Crippen LogP contribution in [0.15, 0.2) is 25.3 Å². The van der Waals surface area contributed by atoms with E-state index in [0.29, 0.717) is 5.06 Å². The smallest absolute Gasteiger partial charge is 0.336 e. The van der Waals surface area contributed by atoms with Crippen molar-refractivity contribution in [2.24, 2.45) is 0 Å². The van der Waals surface area contributed by atoms with E-state index >= 15 is 0 Å². The molecule has 0 aliphatic carbocycles. The highest BCUT2D eigenvalue weighted by Gasteiger charge is 2.32. The van der Waals surface area contributed by atoms with E-state index in [1.165, 1.54) is 12.2 Å². The monoisotopic (exact) mass is 269 g/mol. The molecule has 1 rings (SSSR count). The molecule has 19 heavy (non-hydrogen) atoms. The summed E-state index contributed by atoms with van der Waals surface area (Å²) in [6.07, 6.45) is 2.95. The zero-order valence-corrected chi connectivity index (χ0v) is 10.3. The summed E-state index contributed by atoms with van der Waals surface area (Å²) < 4.78 is 0. The number of carboxylic acids is 1. The number of hydrogen-bond acceptors (Lipinski definition) is 5. The summed E-state index contributed by atoms with van der Waals surface area (Å²) in [4.78, 5) is 46.7. The molecule has 1 saturated heterocycles. The van der Waals surface area contributed by atoms with Gasteiger partial charge in [-0.15, -0.1) is 18.2 Å². The number of nitrogens with zero attached hydrogens (tertiary/aromatic N) is 1. The van der Waals surface area contributed by atoms with Gasteiger partial charge >= 0.3 is 11.9 Å². The average Bonchev–Trinajstić information content (AvgIpc) is 2.62. The van der Waals surface area contributed by atoms with Gasteiger partial charge in [0.2, 0.25) is 0 Å². The van der Waals surface area contributed by atoms with Crippen LogP contribution in [0.2, 0.25) is 0 Å². The second kappa shape index (κ2) is 8.62. The molecule has 0 bridgehead atoms. The van der Waals surface area contributed by atoms with E-state index in [-0.39, 0.29) is 25.7 Å². The van der Waals surface area contributed by atoms with Gasteiger partial charge in [-0.3, -0.25) is 14.4 Å². The second-order valence-electron chi connectivity index (χ2n) is 3.42. The Kier molecular flexibility index (Phi) is 7.51. The van der Waals surface area contributed by atoms with Crippen molar-refractivity contribution in [3.05, 3.63) is 25.3 Å². The van der Waals surface area contributed by atoms with E-state index in [1.807, 2.05) is 0 Å². The van der Waals surface area contributed by atoms with Crippen LogP contribution in [0.5, 0.6) is 0 Å². The van der Waals surface area contributed by atoms with Gasteiger partial charge in [-0.05, 0) is 0 Å². The quantitative estimate of drug-likeness (QED) is 0.585. The molecule has 7 nitrogen and oxygen atoms in total. The van der Waals surface area contributed by atoms with Crippen molar-refractivity contribution < 1.29 is 29.1 Å². The highest BCUT2D eigenvalue weighted by molar-refractivity contribution is 6.01. The zero-order chi connectivity index (χ0) is 14.8. The van der Waals surface area contributed by atoms with Crippen molar-refractivity contribution in [1.82, 2.24) is 5.06 Å². The Morgan fingerprint density at radius 2 is 1.63 bits per heavy atom. The summed E-state index contributed by atoms with van der Waals surface area (Å²) in [7, 11) is 0. The van der Waals surface area contributed by atoms with Crippen LogP contribution >= 0.6 is 0 Å². The standard InChI is InChI=1S/C8H9NO4.C4H6O2/c1-2-3-8(12)13-9-6(10)4-5-7(9)11;1-2-3-4(5)6/h2H,1,3-5H2;2H,1,3H2,(H,5,6). The summed E-state index contributed by atoms with van der Waals surface area (Å²) in [6.45, 7) is 6.54. The Hall–Kier alpha value is -2.44. The summed E-state index contributed by atoms with van der Waals surface area (Å²) >= 11 is 0. The fourth-order valence-corrected chi connectivity index (χ4v) is 1.04. The highest BCUT2D eigenvalue weighted by Crippen LogP contribution is 2.12. The fourth-order valence-electron chi connectivity index (χ4n) is 1.04. The molecule has 0 aromatic rings. The van der Waals surface area contributed by atoms with E-state index in [2.05, 4.69) is 18.0 Å². The lowest BCUT2D eigenvalue weighted by Crippen LogP contribution is -2.31. The predicted molar refractivity (Wildman–Crippen MR) is 64.4 cm³/mol. The molecule has 104 valence electrons. The summed E-state index contributed by atoms with van der Waals surface area (Å²) in [5, 5.41) is 8.36. The number of amides is 2. The Bertz CT molecular complexity index is 385. The molecule has 2 amide bonds. The summed E-state index contributed by atoms with van der Waals surface area (Å²) in [5.74, 6) is -2.42. The van der Waals surface area contributed by atoms with Gasteiger partial charge in [0, 0.05) is 12.8 Å². The molecule has 7 heteroatoms. The normalized spacial score (nSPS) is 13.4. The van der Waals surface area contributed by atoms with Gasteiger partial charge < -0.3 is 9.94 Å². The minimum Gasteiger partial charge on any atom is -0.481 e. The molecule has 1 heterocycles. The zero-order valence-electron chi connectivity index (χ0n) is 10.3. The lowest BCUT2D eigenvalue weighted by Gasteiger charge is -2.11. The highest BCUT2D eigenvalue weighted by atomic mass is 16.7. The molecule has 0 aromatic carbocycles. The van der Waals surface area contributed by atoms with E-state index < -0.39 is 23.8 Å². The number of rotatable bonds is 5. The van der Waals surface area contributed by atoms with E-state index in [4.69, 9.17) is 5.11 Å². The Morgan fingerprint density at radius 3 is 1.95 bits per heavy atom. The van der Waals surface area contributed by atoms with Crippen molar-refractivity contribution >= 4 is 23.8 Å². The lowest BCUT2D eigenvalue weighted by molar-refractivity contribution is -0.196. The number of imide groups is 1. The first kappa shape index (κ1) is 16.6. The molecule has 0 aromatic heterocycles. The third-order valence-corrected chi connectivity index (χ3v) is 1.83. The molecule has 1 N–H and O–H groups in total. The third kappa shape index (κ3) is 6.77. The molecule has 1 aliphatic rings. The van der Waals surface area contributed by atoms with E-state index in [0.717, 1.165) is 0 Å². The van der Waals surface area contributed by atoms with Crippen LogP contribution in [0.3, 0.4) is 0 Å². The number of carbonyl (C=O) groups is 4. The van der Waals surface area contributed by atoms with Crippen molar-refractivity contribution in [1.29, 1.82) is 0 Å². The molecule has 0 atom stereocenters. The average molecular weight is 269 g/mol. The summed E-state index contributed by atoms with van der Waals surface area (Å²) in [5.41, 5.74) is 0. The maximum Gasteiger partial charge on any atom is 0.336 e. The minimum absolute atomic E-state index is 0.0168. The van der Waals surface area contributed by atoms with Gasteiger partial charge in [0.1, 0.15) is 0 Å². The summed E-state index contributed by atoms with van der Waals surface area (Å²) in [6, 6.07) is 0. The first-order valence-electron chi connectivity index (χ1n) is 5.42. The Balaban J connectivity index is 0.000000459. The van der Waals surface area contributed by atoms with Crippen LogP contribution in [0, 0.1) is 0 Å². The van der Waals surface area contributed by atoms with Gasteiger partial charge in [-0.2, -0.15) is 0 Å². The maximum atomic E-state index is 10.9. The van der Waals surface area contributed by atoms with Crippen LogP contribution in [0.25, 0.3) is 0 Å². The van der Waals surface area contributed by atoms with Gasteiger partial charge in [-0.25, -0.2) is 4.79 Å². The van der Waals surface area contributed by atoms with Gasteiger partial charge in [0.15, 0.2) is 0 Å². The van der Waals surface area contributed by atoms with Crippen molar-refractivity contribution in [3.63, 3.8) is 0 Å². The van der Waals surface area contributed by atoms with E-state index in [1.54, 1.807) is 0 Å². The largest absolute Gasteiger partial charge is 0.481 e. The number of carbonyl (C=O) groups excluding carboxylic acids is 3. The number of hydrogen-bond donors (Lipinski definition) is 1. The topological polar surface area (TPSA) is 101 Å². The molecule has 0 spiro atoms. The number of aliphatic carboxylic acids is 1. The Labute approximate surface area is 110 Å². The molecular weight excluding hydrogens is 254 g/mol. The van der Waals surface area contributed by atoms with Gasteiger partial charge in [0.25, 0.3) is 11.8 Å². The molecule has 1 fully saturated rings. The SMILES string of the molecule is C=CCC(=O)O.C=CCC(=O)ON1C(=O)CCC1=O. The maximum absolute atomic E-state index is 10.9. The van der Waals surface area contributed by atoms with Crippen LogP contribution in [-0.2, 0) is 24.0 Å². The first-order valence-corrected chi connectivity index (χ1v) is 5.42. The van der Waals surface area contributed by atoms with Crippen LogP contribution in [0.1, 0.15) is 25.7 Å². The van der Waals surface area contributed by atoms with Crippen LogP contribution < -0.4 is 0 Å². The number of hydroxylamine groups is 2. The molecule has 0 saturated carbocycles. The Morgan fingerprint density at radius 1 is 1.16 bits per heavy atom. The first-order chi connectivity index (χ1) is 8.92. The van der Waals surface area contributed by atoms with Crippen molar-refractivity contribution in [3.8, 4) is 0 Å². The molecule has 0 unspecified atom stereocenters. The van der Waals surface area contributed by atoms with Crippen LogP contribution in [-0.4, -0.2) is 33.9 Å². The molecule has 0 radical (unpaired) electrons. The second-order valence-corrected chi connectivity index (χ2v) is 3.42.